The predicted octanol–water partition coefficient (Wildman–Crippen LogP) is 2.23. The number of nitrogens with one attached hydrogen (secondary N) is 1. The molecule has 0 radical (unpaired) electrons. The zero-order valence-electron chi connectivity index (χ0n) is 10.2. The van der Waals surface area contributed by atoms with Crippen molar-refractivity contribution in [2.24, 2.45) is 5.92 Å². The van der Waals surface area contributed by atoms with Crippen molar-refractivity contribution in [3.05, 3.63) is 29.3 Å². The number of ether oxygens (including phenoxy) is 2. The molecular weight excluding hydrogens is 214 g/mol. The van der Waals surface area contributed by atoms with Gasteiger partial charge in [0, 0.05) is 18.0 Å². The average molecular weight is 233 g/mol. The van der Waals surface area contributed by atoms with Crippen LogP contribution in [0.15, 0.2) is 18.2 Å². The lowest BCUT2D eigenvalue weighted by atomic mass is 9.98. The van der Waals surface area contributed by atoms with Crippen LogP contribution in [-0.4, -0.2) is 19.4 Å². The maximum Gasteiger partial charge on any atom is 0.204 e. The predicted molar refractivity (Wildman–Crippen MR) is 66.0 cm³/mol. The first-order valence-electron chi connectivity index (χ1n) is 6.41. The molecule has 0 aromatic heterocycles. The Bertz CT molecular complexity index is 399. The maximum atomic E-state index is 5.96. The smallest absolute Gasteiger partial charge is 0.204 e. The molecule has 2 aliphatic heterocycles. The minimum absolute atomic E-state index is 0.0713. The standard InChI is InChI=1S/C14H19NO2/c1-10-4-5-13-12(7-10)9-16-14(17-13)11-3-2-6-15-8-11/h4-5,7,11,14-15H,2-3,6,8-9H2,1H3. The van der Waals surface area contributed by atoms with Crippen LogP contribution in [0.3, 0.4) is 0 Å². The zero-order chi connectivity index (χ0) is 11.7. The highest BCUT2D eigenvalue weighted by Crippen LogP contribution is 2.31. The normalized spacial score (nSPS) is 28.3. The Morgan fingerprint density at radius 2 is 2.29 bits per heavy atom. The third-order valence-corrected chi connectivity index (χ3v) is 3.58. The summed E-state index contributed by atoms with van der Waals surface area (Å²) >= 11 is 0. The molecule has 1 N–H and O–H groups in total. The van der Waals surface area contributed by atoms with Crippen molar-refractivity contribution in [1.82, 2.24) is 5.32 Å². The molecule has 1 saturated heterocycles. The fraction of sp³-hybridized carbons (Fsp3) is 0.571. The molecule has 0 amide bonds. The third-order valence-electron chi connectivity index (χ3n) is 3.58. The second-order valence-corrected chi connectivity index (χ2v) is 5.01. The van der Waals surface area contributed by atoms with E-state index in [9.17, 15) is 0 Å². The molecule has 17 heavy (non-hydrogen) atoms. The van der Waals surface area contributed by atoms with Crippen LogP contribution >= 0.6 is 0 Å². The van der Waals surface area contributed by atoms with Crippen molar-refractivity contribution in [1.29, 1.82) is 0 Å². The summed E-state index contributed by atoms with van der Waals surface area (Å²) in [7, 11) is 0. The Labute approximate surface area is 102 Å². The van der Waals surface area contributed by atoms with Gasteiger partial charge in [-0.3, -0.25) is 0 Å². The fourth-order valence-corrected chi connectivity index (χ4v) is 2.61. The first kappa shape index (κ1) is 11.1. The largest absolute Gasteiger partial charge is 0.464 e. The van der Waals surface area contributed by atoms with Crippen molar-refractivity contribution < 1.29 is 9.47 Å². The molecule has 3 heteroatoms. The summed E-state index contributed by atoms with van der Waals surface area (Å²) in [6.07, 6.45) is 2.34. The molecule has 1 fully saturated rings. The fourth-order valence-electron chi connectivity index (χ4n) is 2.61. The van der Waals surface area contributed by atoms with Crippen LogP contribution in [0.25, 0.3) is 0 Å². The highest BCUT2D eigenvalue weighted by atomic mass is 16.7. The summed E-state index contributed by atoms with van der Waals surface area (Å²) in [5.74, 6) is 1.48. The molecule has 2 heterocycles. The number of aryl methyl sites for hydroxylation is 1. The van der Waals surface area contributed by atoms with E-state index in [0.717, 1.165) is 18.8 Å². The van der Waals surface area contributed by atoms with E-state index in [-0.39, 0.29) is 6.29 Å². The third kappa shape index (κ3) is 2.31. The molecular formula is C14H19NO2. The van der Waals surface area contributed by atoms with Crippen LogP contribution in [0, 0.1) is 12.8 Å². The van der Waals surface area contributed by atoms with Crippen LogP contribution in [0.1, 0.15) is 24.0 Å². The number of benzene rings is 1. The van der Waals surface area contributed by atoms with Crippen LogP contribution in [-0.2, 0) is 11.3 Å². The maximum absolute atomic E-state index is 5.96. The molecule has 3 rings (SSSR count). The summed E-state index contributed by atoms with van der Waals surface area (Å²) in [6, 6.07) is 6.31. The highest BCUT2D eigenvalue weighted by Gasteiger charge is 2.29. The number of fused-ring (bicyclic) bond motifs is 1. The van der Waals surface area contributed by atoms with Gasteiger partial charge in [-0.1, -0.05) is 17.7 Å². The second kappa shape index (κ2) is 4.67. The Balaban J connectivity index is 1.73. The Hall–Kier alpha value is -1.06. The molecule has 0 saturated carbocycles. The molecule has 2 atom stereocenters. The van der Waals surface area contributed by atoms with E-state index in [1.165, 1.54) is 24.0 Å². The van der Waals surface area contributed by atoms with E-state index in [0.29, 0.717) is 12.5 Å². The molecule has 2 aliphatic rings. The van der Waals surface area contributed by atoms with Gasteiger partial charge >= 0.3 is 0 Å². The van der Waals surface area contributed by atoms with Gasteiger partial charge in [0.05, 0.1) is 6.61 Å². The molecule has 1 aromatic carbocycles. The lowest BCUT2D eigenvalue weighted by Gasteiger charge is -2.34. The number of rotatable bonds is 1. The van der Waals surface area contributed by atoms with E-state index in [1.54, 1.807) is 0 Å². The van der Waals surface area contributed by atoms with Crippen molar-refractivity contribution in [3.63, 3.8) is 0 Å². The minimum atomic E-state index is -0.0713. The van der Waals surface area contributed by atoms with Crippen LogP contribution in [0.5, 0.6) is 5.75 Å². The van der Waals surface area contributed by atoms with Gasteiger partial charge in [0.1, 0.15) is 5.75 Å². The minimum Gasteiger partial charge on any atom is -0.464 e. The lowest BCUT2D eigenvalue weighted by molar-refractivity contribution is -0.143. The summed E-state index contributed by atoms with van der Waals surface area (Å²) in [5, 5.41) is 3.41. The first-order chi connectivity index (χ1) is 8.33. The molecule has 2 unspecified atom stereocenters. The van der Waals surface area contributed by atoms with Crippen LogP contribution < -0.4 is 10.1 Å². The Morgan fingerprint density at radius 3 is 3.12 bits per heavy atom. The number of hydrogen-bond acceptors (Lipinski definition) is 3. The van der Waals surface area contributed by atoms with Crippen molar-refractivity contribution >= 4 is 0 Å². The van der Waals surface area contributed by atoms with Gasteiger partial charge in [-0.05, 0) is 32.4 Å². The van der Waals surface area contributed by atoms with Crippen molar-refractivity contribution in [2.75, 3.05) is 13.1 Å². The molecule has 92 valence electrons. The number of hydrogen-bond donors (Lipinski definition) is 1. The van der Waals surface area contributed by atoms with Gasteiger partial charge in [0.25, 0.3) is 0 Å². The summed E-state index contributed by atoms with van der Waals surface area (Å²) in [6.45, 7) is 4.90. The lowest BCUT2D eigenvalue weighted by Crippen LogP contribution is -2.42. The van der Waals surface area contributed by atoms with E-state index >= 15 is 0 Å². The number of piperidine rings is 1. The second-order valence-electron chi connectivity index (χ2n) is 5.01. The van der Waals surface area contributed by atoms with E-state index in [4.69, 9.17) is 9.47 Å². The van der Waals surface area contributed by atoms with E-state index < -0.39 is 0 Å². The topological polar surface area (TPSA) is 30.5 Å². The molecule has 3 nitrogen and oxygen atoms in total. The van der Waals surface area contributed by atoms with Gasteiger partial charge in [-0.25, -0.2) is 0 Å². The average Bonchev–Trinajstić information content (AvgIpc) is 2.39. The summed E-state index contributed by atoms with van der Waals surface area (Å²) in [5.41, 5.74) is 2.43. The molecule has 1 aromatic rings. The van der Waals surface area contributed by atoms with Gasteiger partial charge < -0.3 is 14.8 Å². The van der Waals surface area contributed by atoms with Crippen molar-refractivity contribution in [2.45, 2.75) is 32.7 Å². The SMILES string of the molecule is Cc1ccc2c(c1)COC(C1CCCNC1)O2. The Kier molecular flexibility index (Phi) is 3.04. The molecule has 0 bridgehead atoms. The summed E-state index contributed by atoms with van der Waals surface area (Å²) in [4.78, 5) is 0. The van der Waals surface area contributed by atoms with E-state index in [2.05, 4.69) is 30.4 Å². The first-order valence-corrected chi connectivity index (χ1v) is 6.41. The van der Waals surface area contributed by atoms with Gasteiger partial charge in [-0.15, -0.1) is 0 Å². The van der Waals surface area contributed by atoms with E-state index in [1.807, 2.05) is 0 Å². The quantitative estimate of drug-likeness (QED) is 0.807. The van der Waals surface area contributed by atoms with Crippen LogP contribution in [0.2, 0.25) is 0 Å². The van der Waals surface area contributed by atoms with Gasteiger partial charge in [0.2, 0.25) is 6.29 Å². The van der Waals surface area contributed by atoms with Gasteiger partial charge in [0.15, 0.2) is 0 Å². The summed E-state index contributed by atoms with van der Waals surface area (Å²) < 4.78 is 11.8. The Morgan fingerprint density at radius 1 is 1.35 bits per heavy atom. The molecule has 0 aliphatic carbocycles. The van der Waals surface area contributed by atoms with Gasteiger partial charge in [-0.2, -0.15) is 0 Å². The van der Waals surface area contributed by atoms with Crippen molar-refractivity contribution in [3.8, 4) is 5.75 Å². The monoisotopic (exact) mass is 233 g/mol. The van der Waals surface area contributed by atoms with Crippen LogP contribution in [0.4, 0.5) is 0 Å². The zero-order valence-corrected chi connectivity index (χ0v) is 10.2. The molecule has 0 spiro atoms. The highest BCUT2D eigenvalue weighted by molar-refractivity contribution is 5.37.